The lowest BCUT2D eigenvalue weighted by Gasteiger charge is -2.42. The Balaban J connectivity index is 1.07. The molecule has 0 spiro atoms. The average Bonchev–Trinajstić information content (AvgIpc) is 4.42. The summed E-state index contributed by atoms with van der Waals surface area (Å²) in [5.74, 6) is -0.399. The molecule has 4 amide bonds. The first kappa shape index (κ1) is 55.1. The molecule has 26 heteroatoms. The van der Waals surface area contributed by atoms with Crippen LogP contribution in [0.4, 0.5) is 9.59 Å². The third-order valence-corrected chi connectivity index (χ3v) is 15.5. The fourth-order valence-electron chi connectivity index (χ4n) is 10.9. The minimum Gasteiger partial charge on any atom is -0.466 e. The molecule has 2 fully saturated rings. The minimum atomic E-state index is -5.01. The Hall–Kier alpha value is -6.62. The highest BCUT2D eigenvalue weighted by molar-refractivity contribution is 7.46. The summed E-state index contributed by atoms with van der Waals surface area (Å²) >= 11 is 0. The predicted molar refractivity (Wildman–Crippen MR) is 276 cm³/mol. The summed E-state index contributed by atoms with van der Waals surface area (Å²) in [6, 6.07) is 11.9. The molecule has 0 saturated carbocycles. The molecule has 77 heavy (non-hydrogen) atoms. The van der Waals surface area contributed by atoms with Crippen LogP contribution in [-0.4, -0.2) is 123 Å². The zero-order valence-corrected chi connectivity index (χ0v) is 45.0. The van der Waals surface area contributed by atoms with Gasteiger partial charge in [-0.3, -0.25) is 18.6 Å². The molecule has 2 aromatic heterocycles. The van der Waals surface area contributed by atoms with Crippen LogP contribution in [0.15, 0.2) is 85.2 Å². The summed E-state index contributed by atoms with van der Waals surface area (Å²) in [5, 5.41) is 5.28. The number of nitrogens with one attached hydrogen (secondary N) is 2. The van der Waals surface area contributed by atoms with E-state index in [9.17, 15) is 47.9 Å². The normalized spacial score (nSPS) is 21.7. The summed E-state index contributed by atoms with van der Waals surface area (Å²) in [7, 11) is -7.57. The largest absolute Gasteiger partial charge is 0.471 e. The standard InChI is InChI=1S/C51H63N9O15P2/c1-29(2)43(54-50(63)71-5)47(61)56-20-10-14-37(56)45-52-25-40(58(45)27-73-76(65,66)67)32-17-19-36-34(22-32)23-39-35-18-16-33(24-42(35)75-49(60(36)39)31-12-8-7-9-13-31)41-26-53-46(59(41)28-74-77(68,69)70)38-15-11-21-57(38)48(62)44(30(3)4)55-51(64)72-6/h7-9,12-13,16-19,22-26,29-30,34,36-38,43-44,49H,10-11,14-15,20-21,27-28H2,1-6H3,(H,54,63)(H,55,64)(H2,65,66,67)(H2,68,69,70)/t34?,36?,37-,38-,43-,44-,49-/m0/s1. The number of methoxy groups -OCH3 is 2. The summed E-state index contributed by atoms with van der Waals surface area (Å²) in [4.78, 5) is 107. The first-order valence-electron chi connectivity index (χ1n) is 25.2. The summed E-state index contributed by atoms with van der Waals surface area (Å²) < 4.78 is 54.3. The second kappa shape index (κ2) is 22.4. The first-order valence-corrected chi connectivity index (χ1v) is 28.3. The second-order valence-electron chi connectivity index (χ2n) is 20.1. The predicted octanol–water partition coefficient (Wildman–Crippen LogP) is 6.35. The molecule has 24 nitrogen and oxygen atoms in total. The number of hydrogen-bond donors (Lipinski definition) is 6. The molecule has 4 aromatic rings. The summed E-state index contributed by atoms with van der Waals surface area (Å²) in [5.41, 5.74) is 4.61. The highest BCUT2D eigenvalue weighted by Crippen LogP contribution is 2.52. The van der Waals surface area contributed by atoms with E-state index < -0.39 is 71.7 Å². The number of nitrogens with zero attached hydrogens (tertiary/aromatic N) is 7. The number of rotatable bonds is 17. The monoisotopic (exact) mass is 1100 g/mol. The number of phosphoric acid groups is 2. The van der Waals surface area contributed by atoms with Crippen LogP contribution in [0.5, 0.6) is 5.75 Å². The van der Waals surface area contributed by atoms with Crippen LogP contribution in [0, 0.1) is 17.8 Å². The maximum Gasteiger partial charge on any atom is 0.471 e. The number of aromatic nitrogens is 4. The van der Waals surface area contributed by atoms with E-state index in [1.165, 1.54) is 18.8 Å². The van der Waals surface area contributed by atoms with Gasteiger partial charge >= 0.3 is 27.8 Å². The number of benzene rings is 2. The van der Waals surface area contributed by atoms with Crippen molar-refractivity contribution in [1.29, 1.82) is 0 Å². The molecule has 2 unspecified atom stereocenters. The van der Waals surface area contributed by atoms with Gasteiger partial charge in [0.05, 0.1) is 56.1 Å². The van der Waals surface area contributed by atoms with Crippen molar-refractivity contribution >= 4 is 50.9 Å². The van der Waals surface area contributed by atoms with Crippen LogP contribution in [0.2, 0.25) is 0 Å². The Kier molecular flexibility index (Phi) is 16.0. The minimum absolute atomic E-state index is 0.267. The van der Waals surface area contributed by atoms with Gasteiger partial charge in [-0.25, -0.2) is 28.7 Å². The molecule has 412 valence electrons. The van der Waals surface area contributed by atoms with Crippen molar-refractivity contribution < 1.29 is 71.1 Å². The van der Waals surface area contributed by atoms with E-state index in [4.69, 9.17) is 33.2 Å². The number of amides is 4. The molecule has 2 aromatic carbocycles. The van der Waals surface area contributed by atoms with Crippen LogP contribution < -0.4 is 15.4 Å². The third-order valence-electron chi connectivity index (χ3n) is 14.5. The van der Waals surface area contributed by atoms with Crippen LogP contribution in [0.1, 0.15) is 100 Å². The van der Waals surface area contributed by atoms with Crippen molar-refractivity contribution in [2.24, 2.45) is 17.8 Å². The number of carbonyl (C=O) groups is 4. The Morgan fingerprint density at radius 1 is 0.740 bits per heavy atom. The second-order valence-corrected chi connectivity index (χ2v) is 22.5. The molecule has 4 aliphatic heterocycles. The quantitative estimate of drug-likeness (QED) is 0.0627. The number of fused-ring (bicyclic) bond motifs is 5. The number of likely N-dealkylation sites (tertiary alicyclic amines) is 2. The van der Waals surface area contributed by atoms with Gasteiger partial charge < -0.3 is 68.3 Å². The fraction of sp³-hybridized carbons (Fsp3) is 0.451. The Morgan fingerprint density at radius 2 is 1.27 bits per heavy atom. The van der Waals surface area contributed by atoms with Crippen molar-refractivity contribution in [3.05, 3.63) is 114 Å². The number of ether oxygens (including phenoxy) is 3. The molecular formula is C51H63N9O15P2. The van der Waals surface area contributed by atoms with Crippen molar-refractivity contribution in [3.8, 4) is 17.0 Å². The van der Waals surface area contributed by atoms with Gasteiger partial charge in [0.1, 0.15) is 42.9 Å². The molecule has 1 aliphatic carbocycles. The van der Waals surface area contributed by atoms with E-state index in [2.05, 4.69) is 21.6 Å². The lowest BCUT2D eigenvalue weighted by molar-refractivity contribution is -0.136. The first-order chi connectivity index (χ1) is 36.7. The molecule has 2 saturated heterocycles. The SMILES string of the molecule is COC(=O)N[C@H](C(=O)N1CCC[C@H]1c1ncc(C2=CC3C=C4c5ccc(-c6cnc([C@@H]7CCCN7C(=O)[C@@H](NC(=O)OC)C(C)C)n6COP(=O)(O)O)cc5O[C@@H](c5ccccc5)N4C3C=C2)n1COP(=O)(O)O)C(C)C. The van der Waals surface area contributed by atoms with E-state index in [0.717, 1.165) is 16.8 Å². The molecule has 0 radical (unpaired) electrons. The zero-order valence-electron chi connectivity index (χ0n) is 43.2. The molecule has 7 atom stereocenters. The zero-order chi connectivity index (χ0) is 55.1. The van der Waals surface area contributed by atoms with Crippen LogP contribution >= 0.6 is 15.6 Å². The molecule has 5 aliphatic rings. The number of carbonyl (C=O) groups excluding carboxylic acids is 4. The van der Waals surface area contributed by atoms with Crippen LogP contribution in [0.25, 0.3) is 22.5 Å². The van der Waals surface area contributed by atoms with Gasteiger partial charge in [-0.2, -0.15) is 0 Å². The van der Waals surface area contributed by atoms with E-state index in [1.807, 2.05) is 66.8 Å². The number of phosphoric ester groups is 2. The van der Waals surface area contributed by atoms with Gasteiger partial charge in [0.2, 0.25) is 11.8 Å². The van der Waals surface area contributed by atoms with E-state index >= 15 is 0 Å². The Morgan fingerprint density at radius 3 is 1.79 bits per heavy atom. The van der Waals surface area contributed by atoms with Gasteiger partial charge in [0.15, 0.2) is 6.23 Å². The van der Waals surface area contributed by atoms with E-state index in [-0.39, 0.29) is 35.6 Å². The smallest absolute Gasteiger partial charge is 0.466 e. The lowest BCUT2D eigenvalue weighted by Crippen LogP contribution is -2.51. The van der Waals surface area contributed by atoms with Gasteiger partial charge in [-0.1, -0.05) is 88.4 Å². The molecule has 9 rings (SSSR count). The molecule has 6 heterocycles. The summed E-state index contributed by atoms with van der Waals surface area (Å²) in [6.07, 6.45) is 11.3. The fourth-order valence-corrected chi connectivity index (χ4v) is 11.4. The van der Waals surface area contributed by atoms with Gasteiger partial charge in [-0.05, 0) is 55.2 Å². The lowest BCUT2D eigenvalue weighted by atomic mass is 9.91. The number of hydrogen-bond acceptors (Lipinski definition) is 14. The highest BCUT2D eigenvalue weighted by atomic mass is 31.2. The van der Waals surface area contributed by atoms with Crippen molar-refractivity contribution in [2.75, 3.05) is 27.3 Å². The molecular weight excluding hydrogens is 1040 g/mol. The maximum atomic E-state index is 14.1. The van der Waals surface area contributed by atoms with Gasteiger partial charge in [0, 0.05) is 41.4 Å². The molecule has 0 bridgehead atoms. The van der Waals surface area contributed by atoms with Crippen molar-refractivity contribution in [2.45, 2.75) is 103 Å². The van der Waals surface area contributed by atoms with Crippen LogP contribution in [0.3, 0.4) is 0 Å². The number of alkyl carbamates (subject to hydrolysis) is 2. The maximum absolute atomic E-state index is 14.1. The molecule has 6 N–H and O–H groups in total. The van der Waals surface area contributed by atoms with Gasteiger partial charge in [0.25, 0.3) is 0 Å². The Bertz CT molecular complexity index is 3090. The van der Waals surface area contributed by atoms with E-state index in [0.29, 0.717) is 78.7 Å². The number of imidazole rings is 2. The van der Waals surface area contributed by atoms with Crippen molar-refractivity contribution in [1.82, 2.24) is 44.4 Å². The summed E-state index contributed by atoms with van der Waals surface area (Å²) in [6.45, 7) is 6.73. The van der Waals surface area contributed by atoms with Gasteiger partial charge in [-0.15, -0.1) is 0 Å². The number of allylic oxidation sites excluding steroid dienone is 2. The van der Waals surface area contributed by atoms with Crippen molar-refractivity contribution in [3.63, 3.8) is 0 Å². The highest BCUT2D eigenvalue weighted by Gasteiger charge is 2.45. The Labute approximate surface area is 444 Å². The van der Waals surface area contributed by atoms with E-state index in [1.54, 1.807) is 54.5 Å². The van der Waals surface area contributed by atoms with Crippen LogP contribution in [-0.2, 0) is 50.7 Å². The average molecular weight is 1100 g/mol. The topological polar surface area (TPSA) is 299 Å². The third kappa shape index (κ3) is 11.5.